The molecular weight excluding hydrogens is 500 g/mol. The van der Waals surface area contributed by atoms with Crippen molar-refractivity contribution in [2.75, 3.05) is 18.0 Å². The highest BCUT2D eigenvalue weighted by Crippen LogP contribution is 2.39. The van der Waals surface area contributed by atoms with Crippen LogP contribution < -0.4 is 9.04 Å². The Morgan fingerprint density at radius 1 is 0.895 bits per heavy atom. The van der Waals surface area contributed by atoms with Gasteiger partial charge in [0.05, 0.1) is 30.2 Å². The Bertz CT molecular complexity index is 1650. The number of nitrogens with zero attached hydrogens (tertiary/aromatic N) is 2. The minimum Gasteiger partial charge on any atom is -0.469 e. The van der Waals surface area contributed by atoms with Crippen LogP contribution in [0.4, 0.5) is 5.69 Å². The van der Waals surface area contributed by atoms with Crippen molar-refractivity contribution in [2.24, 2.45) is 0 Å². The van der Waals surface area contributed by atoms with Gasteiger partial charge in [0.1, 0.15) is 18.0 Å². The van der Waals surface area contributed by atoms with Crippen molar-refractivity contribution in [1.82, 2.24) is 0 Å². The summed E-state index contributed by atoms with van der Waals surface area (Å²) in [5.74, 6) is 0.585. The molecular formula is C30H28N2O5S. The molecule has 0 aliphatic heterocycles. The average molecular weight is 529 g/mol. The van der Waals surface area contributed by atoms with E-state index in [1.54, 1.807) is 56.3 Å². The highest BCUT2D eigenvalue weighted by Gasteiger charge is 2.30. The predicted octanol–water partition coefficient (Wildman–Crippen LogP) is 5.99. The molecule has 0 aliphatic carbocycles. The molecule has 0 aromatic heterocycles. The second-order valence-electron chi connectivity index (χ2n) is 8.99. The lowest BCUT2D eigenvalue weighted by Gasteiger charge is -2.26. The van der Waals surface area contributed by atoms with Gasteiger partial charge in [-0.15, -0.1) is 0 Å². The number of methoxy groups -OCH3 is 1. The fourth-order valence-corrected chi connectivity index (χ4v) is 6.50. The van der Waals surface area contributed by atoms with Crippen LogP contribution in [0.25, 0.3) is 10.8 Å². The standard InChI is InChI=1S/C30H28N2O5S/c1-20-17-21(2)30(22(3)18-20)38(34,35)32(16-15-31)26-13-14-28(25-11-7-6-10-24(25)26)37-27-12-8-5-9-23(27)19-29(33)36-4/h5-14,17-18H,16,19H2,1-4H3. The van der Waals surface area contributed by atoms with Crippen molar-refractivity contribution >= 4 is 32.5 Å². The van der Waals surface area contributed by atoms with E-state index in [1.165, 1.54) is 7.11 Å². The van der Waals surface area contributed by atoms with E-state index in [-0.39, 0.29) is 23.8 Å². The highest BCUT2D eigenvalue weighted by molar-refractivity contribution is 7.93. The minimum absolute atomic E-state index is 0.0478. The Hall–Kier alpha value is -4.35. The number of para-hydroxylation sites is 1. The monoisotopic (exact) mass is 528 g/mol. The first-order chi connectivity index (χ1) is 18.2. The third-order valence-electron chi connectivity index (χ3n) is 6.25. The number of aryl methyl sites for hydroxylation is 3. The molecule has 0 heterocycles. The van der Waals surface area contributed by atoms with Crippen LogP contribution in [0.15, 0.2) is 77.7 Å². The molecule has 0 fully saturated rings. The molecule has 7 nitrogen and oxygen atoms in total. The van der Waals surface area contributed by atoms with Crippen molar-refractivity contribution < 1.29 is 22.7 Å². The van der Waals surface area contributed by atoms with Gasteiger partial charge in [0.2, 0.25) is 0 Å². The van der Waals surface area contributed by atoms with E-state index in [1.807, 2.05) is 43.3 Å². The fourth-order valence-electron chi connectivity index (χ4n) is 4.71. The summed E-state index contributed by atoms with van der Waals surface area (Å²) in [4.78, 5) is 12.1. The lowest BCUT2D eigenvalue weighted by Crippen LogP contribution is -2.32. The van der Waals surface area contributed by atoms with Gasteiger partial charge in [-0.1, -0.05) is 60.2 Å². The van der Waals surface area contributed by atoms with E-state index in [4.69, 9.17) is 9.47 Å². The van der Waals surface area contributed by atoms with Crippen molar-refractivity contribution in [3.05, 3.63) is 95.1 Å². The maximum Gasteiger partial charge on any atom is 0.310 e. The second kappa shape index (κ2) is 11.0. The number of sulfonamides is 1. The SMILES string of the molecule is COC(=O)Cc1ccccc1Oc1ccc(N(CC#N)S(=O)(=O)c2c(C)cc(C)cc2C)c2ccccc12. The zero-order valence-electron chi connectivity index (χ0n) is 21.7. The van der Waals surface area contributed by atoms with E-state index in [0.717, 1.165) is 9.87 Å². The van der Waals surface area contributed by atoms with Crippen LogP contribution in [0.2, 0.25) is 0 Å². The third-order valence-corrected chi connectivity index (χ3v) is 8.32. The number of benzene rings is 4. The fraction of sp³-hybridized carbons (Fsp3) is 0.200. The normalized spacial score (nSPS) is 11.1. The Morgan fingerprint density at radius 3 is 2.18 bits per heavy atom. The first-order valence-corrected chi connectivity index (χ1v) is 13.4. The molecule has 0 unspecified atom stereocenters. The van der Waals surface area contributed by atoms with E-state index in [2.05, 4.69) is 0 Å². The molecule has 0 N–H and O–H groups in total. The molecule has 0 spiro atoms. The lowest BCUT2D eigenvalue weighted by atomic mass is 10.1. The predicted molar refractivity (Wildman–Crippen MR) is 147 cm³/mol. The molecule has 0 saturated heterocycles. The summed E-state index contributed by atoms with van der Waals surface area (Å²) in [7, 11) is -2.73. The molecule has 0 bridgehead atoms. The Kier molecular flexibility index (Phi) is 7.70. The number of carbonyl (C=O) groups is 1. The molecule has 0 saturated carbocycles. The van der Waals surface area contributed by atoms with Crippen LogP contribution in [-0.2, 0) is 26.0 Å². The van der Waals surface area contributed by atoms with Crippen LogP contribution in [-0.4, -0.2) is 28.0 Å². The van der Waals surface area contributed by atoms with Gasteiger partial charge in [-0.3, -0.25) is 9.10 Å². The van der Waals surface area contributed by atoms with E-state index < -0.39 is 10.0 Å². The van der Waals surface area contributed by atoms with Crippen LogP contribution in [0, 0.1) is 32.1 Å². The van der Waals surface area contributed by atoms with Gasteiger partial charge in [0.25, 0.3) is 10.0 Å². The van der Waals surface area contributed by atoms with Crippen LogP contribution >= 0.6 is 0 Å². The summed E-state index contributed by atoms with van der Waals surface area (Å²) in [6, 6.07) is 23.4. The van der Waals surface area contributed by atoms with Crippen molar-refractivity contribution in [2.45, 2.75) is 32.1 Å². The van der Waals surface area contributed by atoms with Crippen molar-refractivity contribution in [3.63, 3.8) is 0 Å². The van der Waals surface area contributed by atoms with Gasteiger partial charge < -0.3 is 9.47 Å². The Balaban J connectivity index is 1.84. The molecule has 0 atom stereocenters. The first kappa shape index (κ1) is 26.7. The Labute approximate surface area is 222 Å². The second-order valence-corrected chi connectivity index (χ2v) is 10.8. The Morgan fingerprint density at radius 2 is 1.53 bits per heavy atom. The number of ether oxygens (including phenoxy) is 2. The van der Waals surface area contributed by atoms with Crippen molar-refractivity contribution in [1.29, 1.82) is 5.26 Å². The summed E-state index contributed by atoms with van der Waals surface area (Å²) >= 11 is 0. The summed E-state index contributed by atoms with van der Waals surface area (Å²) < 4.78 is 40.1. The van der Waals surface area contributed by atoms with Gasteiger partial charge in [-0.05, 0) is 50.1 Å². The van der Waals surface area contributed by atoms with Gasteiger partial charge in [-0.25, -0.2) is 8.42 Å². The quantitative estimate of drug-likeness (QED) is 0.206. The number of carbonyl (C=O) groups excluding carboxylic acids is 1. The molecule has 4 aromatic carbocycles. The highest BCUT2D eigenvalue weighted by atomic mass is 32.2. The number of anilines is 1. The number of nitriles is 1. The average Bonchev–Trinajstić information content (AvgIpc) is 2.88. The summed E-state index contributed by atoms with van der Waals surface area (Å²) in [6.07, 6.45) is 0.0478. The molecule has 38 heavy (non-hydrogen) atoms. The van der Waals surface area contributed by atoms with Gasteiger partial charge in [0.15, 0.2) is 0 Å². The molecule has 4 rings (SSSR count). The molecule has 0 amide bonds. The van der Waals surface area contributed by atoms with Gasteiger partial charge in [0, 0.05) is 16.3 Å². The molecule has 0 aliphatic rings. The molecule has 194 valence electrons. The number of hydrogen-bond donors (Lipinski definition) is 0. The number of rotatable bonds is 8. The van der Waals surface area contributed by atoms with Crippen LogP contribution in [0.1, 0.15) is 22.3 Å². The summed E-state index contributed by atoms with van der Waals surface area (Å²) in [6.45, 7) is 5.08. The molecule has 4 aromatic rings. The number of fused-ring (bicyclic) bond motifs is 1. The minimum atomic E-state index is -4.06. The topological polar surface area (TPSA) is 96.7 Å². The lowest BCUT2D eigenvalue weighted by molar-refractivity contribution is -0.139. The van der Waals surface area contributed by atoms with Crippen LogP contribution in [0.5, 0.6) is 11.5 Å². The number of esters is 1. The van der Waals surface area contributed by atoms with Gasteiger partial charge in [-0.2, -0.15) is 5.26 Å². The van der Waals surface area contributed by atoms with E-state index in [0.29, 0.717) is 44.6 Å². The maximum atomic E-state index is 14.0. The zero-order valence-corrected chi connectivity index (χ0v) is 22.5. The van der Waals surface area contributed by atoms with Crippen LogP contribution in [0.3, 0.4) is 0 Å². The van der Waals surface area contributed by atoms with E-state index >= 15 is 0 Å². The smallest absolute Gasteiger partial charge is 0.310 e. The van der Waals surface area contributed by atoms with Gasteiger partial charge >= 0.3 is 5.97 Å². The first-order valence-electron chi connectivity index (χ1n) is 12.0. The van der Waals surface area contributed by atoms with E-state index in [9.17, 15) is 18.5 Å². The zero-order chi connectivity index (χ0) is 27.4. The summed E-state index contributed by atoms with van der Waals surface area (Å²) in [5.41, 5.74) is 3.24. The summed E-state index contributed by atoms with van der Waals surface area (Å²) in [5, 5.41) is 10.9. The maximum absolute atomic E-state index is 14.0. The molecule has 8 heteroatoms. The van der Waals surface area contributed by atoms with Crippen molar-refractivity contribution in [3.8, 4) is 17.6 Å². The number of hydrogen-bond acceptors (Lipinski definition) is 6. The largest absolute Gasteiger partial charge is 0.469 e. The molecule has 0 radical (unpaired) electrons. The third kappa shape index (κ3) is 5.20.